The molecule has 4 aliphatic carbocycles. The van der Waals surface area contributed by atoms with Gasteiger partial charge in [-0.3, -0.25) is 4.79 Å². The number of methoxy groups -OCH3 is 1. The largest absolute Gasteiger partial charge is 0.497 e. The molecule has 1 aromatic heterocycles. The predicted molar refractivity (Wildman–Crippen MR) is 98.7 cm³/mol. The van der Waals surface area contributed by atoms with Crippen LogP contribution in [-0.4, -0.2) is 23.2 Å². The maximum Gasteiger partial charge on any atom is 0.246 e. The maximum absolute atomic E-state index is 13.0. The molecular formula is C21H25N3O3. The number of hydrogen-bond acceptors (Lipinski definition) is 5. The Morgan fingerprint density at radius 3 is 2.37 bits per heavy atom. The number of amides is 1. The number of ether oxygens (including phenoxy) is 1. The number of carbonyl (C=O) groups is 1. The van der Waals surface area contributed by atoms with Crippen LogP contribution in [0.4, 0.5) is 0 Å². The number of nitrogens with one attached hydrogen (secondary N) is 1. The highest BCUT2D eigenvalue weighted by Crippen LogP contribution is 2.60. The first kappa shape index (κ1) is 16.8. The highest BCUT2D eigenvalue weighted by atomic mass is 16.5. The lowest BCUT2D eigenvalue weighted by atomic mass is 9.49. The predicted octanol–water partition coefficient (Wildman–Crippen LogP) is 3.58. The van der Waals surface area contributed by atoms with E-state index in [-0.39, 0.29) is 11.3 Å². The van der Waals surface area contributed by atoms with E-state index in [1.165, 1.54) is 19.3 Å². The van der Waals surface area contributed by atoms with Crippen LogP contribution >= 0.6 is 0 Å². The summed E-state index contributed by atoms with van der Waals surface area (Å²) in [5.41, 5.74) is 0.714. The van der Waals surface area contributed by atoms with Gasteiger partial charge in [-0.2, -0.15) is 4.98 Å². The summed E-state index contributed by atoms with van der Waals surface area (Å²) >= 11 is 0. The molecule has 4 saturated carbocycles. The fraction of sp³-hybridized carbons (Fsp3) is 0.571. The van der Waals surface area contributed by atoms with Crippen LogP contribution in [0.3, 0.4) is 0 Å². The lowest BCUT2D eigenvalue weighted by molar-refractivity contribution is -0.146. The van der Waals surface area contributed by atoms with E-state index >= 15 is 0 Å². The van der Waals surface area contributed by atoms with Crippen molar-refractivity contribution in [1.29, 1.82) is 0 Å². The van der Waals surface area contributed by atoms with Crippen molar-refractivity contribution in [3.05, 3.63) is 30.2 Å². The van der Waals surface area contributed by atoms with Gasteiger partial charge >= 0.3 is 0 Å². The molecule has 2 aromatic rings. The monoisotopic (exact) mass is 367 g/mol. The molecule has 1 aromatic carbocycles. The molecule has 6 nitrogen and oxygen atoms in total. The molecule has 4 aliphatic rings. The third kappa shape index (κ3) is 3.01. The summed E-state index contributed by atoms with van der Waals surface area (Å²) in [5.74, 6) is 4.21. The second-order valence-electron chi connectivity index (χ2n) is 8.62. The second-order valence-corrected chi connectivity index (χ2v) is 8.62. The van der Waals surface area contributed by atoms with Crippen LogP contribution in [0.25, 0.3) is 11.4 Å². The standard InChI is InChI=1S/C21H25N3O3/c1-26-17-4-2-16(3-5-17)19-23-18(27-24-19)12-22-20(25)21-9-13-6-14(10-21)8-15(7-13)11-21/h2-5,13-15H,6-12H2,1H3,(H,22,25). The number of nitrogens with zero attached hydrogens (tertiary/aromatic N) is 2. The Bertz CT molecular complexity index is 807. The first-order valence-electron chi connectivity index (χ1n) is 9.89. The van der Waals surface area contributed by atoms with Gasteiger partial charge < -0.3 is 14.6 Å². The van der Waals surface area contributed by atoms with Gasteiger partial charge in [0.15, 0.2) is 0 Å². The molecule has 1 heterocycles. The van der Waals surface area contributed by atoms with Gasteiger partial charge in [-0.15, -0.1) is 0 Å². The normalized spacial score (nSPS) is 31.1. The van der Waals surface area contributed by atoms with Gasteiger partial charge in [0.1, 0.15) is 5.75 Å². The SMILES string of the molecule is COc1ccc(-c2noc(CNC(=O)C34CC5CC(CC(C5)C3)C4)n2)cc1. The van der Waals surface area contributed by atoms with Crippen molar-refractivity contribution in [1.82, 2.24) is 15.5 Å². The third-order valence-electron chi connectivity index (χ3n) is 6.74. The van der Waals surface area contributed by atoms with Gasteiger partial charge in [-0.1, -0.05) is 5.16 Å². The van der Waals surface area contributed by atoms with Crippen LogP contribution in [-0.2, 0) is 11.3 Å². The first-order valence-corrected chi connectivity index (χ1v) is 9.89. The van der Waals surface area contributed by atoms with Gasteiger partial charge in [0, 0.05) is 11.0 Å². The fourth-order valence-corrected chi connectivity index (χ4v) is 5.92. The van der Waals surface area contributed by atoms with Gasteiger partial charge in [-0.25, -0.2) is 0 Å². The van der Waals surface area contributed by atoms with E-state index < -0.39 is 0 Å². The quantitative estimate of drug-likeness (QED) is 0.874. The van der Waals surface area contributed by atoms with Gasteiger partial charge in [0.25, 0.3) is 0 Å². The molecule has 1 N–H and O–H groups in total. The molecule has 0 saturated heterocycles. The fourth-order valence-electron chi connectivity index (χ4n) is 5.92. The van der Waals surface area contributed by atoms with E-state index in [4.69, 9.17) is 9.26 Å². The summed E-state index contributed by atoms with van der Waals surface area (Å²) in [5, 5.41) is 7.12. The molecular weight excluding hydrogens is 342 g/mol. The molecule has 0 radical (unpaired) electrons. The van der Waals surface area contributed by atoms with Crippen molar-refractivity contribution in [2.24, 2.45) is 23.2 Å². The van der Waals surface area contributed by atoms with Crippen LogP contribution in [0.15, 0.2) is 28.8 Å². The molecule has 27 heavy (non-hydrogen) atoms. The molecule has 6 heteroatoms. The Morgan fingerprint density at radius 2 is 1.78 bits per heavy atom. The summed E-state index contributed by atoms with van der Waals surface area (Å²) in [6.45, 7) is 0.295. The third-order valence-corrected chi connectivity index (χ3v) is 6.74. The number of carbonyl (C=O) groups excluding carboxylic acids is 1. The summed E-state index contributed by atoms with van der Waals surface area (Å²) in [6.07, 6.45) is 7.19. The molecule has 4 fully saturated rings. The highest BCUT2D eigenvalue weighted by Gasteiger charge is 2.54. The molecule has 142 valence electrons. The van der Waals surface area contributed by atoms with Crippen LogP contribution in [0.2, 0.25) is 0 Å². The van der Waals surface area contributed by atoms with E-state index in [0.717, 1.165) is 48.3 Å². The van der Waals surface area contributed by atoms with Crippen LogP contribution in [0.1, 0.15) is 44.4 Å². The first-order chi connectivity index (χ1) is 13.1. The minimum absolute atomic E-state index is 0.145. The maximum atomic E-state index is 13.0. The van der Waals surface area contributed by atoms with E-state index in [1.807, 2.05) is 24.3 Å². The molecule has 4 bridgehead atoms. The highest BCUT2D eigenvalue weighted by molar-refractivity contribution is 5.83. The Kier molecular flexibility index (Phi) is 3.95. The van der Waals surface area contributed by atoms with Crippen molar-refractivity contribution in [2.75, 3.05) is 7.11 Å². The topological polar surface area (TPSA) is 77.3 Å². The van der Waals surface area contributed by atoms with Crippen molar-refractivity contribution in [3.8, 4) is 17.1 Å². The summed E-state index contributed by atoms with van der Waals surface area (Å²) in [7, 11) is 1.63. The lowest BCUT2D eigenvalue weighted by Crippen LogP contribution is -2.53. The molecule has 0 atom stereocenters. The zero-order chi connectivity index (χ0) is 18.4. The smallest absolute Gasteiger partial charge is 0.246 e. The molecule has 1 amide bonds. The van der Waals surface area contributed by atoms with E-state index in [0.29, 0.717) is 18.3 Å². The van der Waals surface area contributed by atoms with Gasteiger partial charge in [0.05, 0.1) is 13.7 Å². The minimum atomic E-state index is -0.145. The summed E-state index contributed by atoms with van der Waals surface area (Å²) in [4.78, 5) is 17.4. The van der Waals surface area contributed by atoms with Crippen molar-refractivity contribution >= 4 is 5.91 Å². The lowest BCUT2D eigenvalue weighted by Gasteiger charge is -2.55. The average Bonchev–Trinajstić information content (AvgIpc) is 3.14. The average molecular weight is 367 g/mol. The molecule has 0 spiro atoms. The molecule has 6 rings (SSSR count). The van der Waals surface area contributed by atoms with Crippen molar-refractivity contribution < 1.29 is 14.1 Å². The van der Waals surface area contributed by atoms with Crippen molar-refractivity contribution in [3.63, 3.8) is 0 Å². The van der Waals surface area contributed by atoms with E-state index in [1.54, 1.807) is 7.11 Å². The second kappa shape index (κ2) is 6.36. The Hall–Kier alpha value is -2.37. The number of aromatic nitrogens is 2. The van der Waals surface area contributed by atoms with Gasteiger partial charge in [-0.05, 0) is 80.5 Å². The van der Waals surface area contributed by atoms with Crippen LogP contribution < -0.4 is 10.1 Å². The zero-order valence-electron chi connectivity index (χ0n) is 15.6. The van der Waals surface area contributed by atoms with E-state index in [2.05, 4.69) is 15.5 Å². The summed E-state index contributed by atoms with van der Waals surface area (Å²) in [6, 6.07) is 7.50. The van der Waals surface area contributed by atoms with Crippen LogP contribution in [0, 0.1) is 23.2 Å². The van der Waals surface area contributed by atoms with Crippen molar-refractivity contribution in [2.45, 2.75) is 45.1 Å². The Balaban J connectivity index is 1.24. The van der Waals surface area contributed by atoms with Crippen LogP contribution in [0.5, 0.6) is 5.75 Å². The minimum Gasteiger partial charge on any atom is -0.497 e. The zero-order valence-corrected chi connectivity index (χ0v) is 15.6. The number of rotatable bonds is 5. The van der Waals surface area contributed by atoms with E-state index in [9.17, 15) is 4.79 Å². The Labute approximate surface area is 158 Å². The number of benzene rings is 1. The molecule has 0 aliphatic heterocycles. The van der Waals surface area contributed by atoms with Gasteiger partial charge in [0.2, 0.25) is 17.6 Å². The Morgan fingerprint density at radius 1 is 1.15 bits per heavy atom. The number of hydrogen-bond donors (Lipinski definition) is 1. The summed E-state index contributed by atoms with van der Waals surface area (Å²) < 4.78 is 10.5. The molecule has 0 unspecified atom stereocenters.